The van der Waals surface area contributed by atoms with Gasteiger partial charge in [-0.2, -0.15) is 0 Å². The summed E-state index contributed by atoms with van der Waals surface area (Å²) in [5.41, 5.74) is 1.68. The number of morpholine rings is 1. The van der Waals surface area contributed by atoms with Gasteiger partial charge >= 0.3 is 0 Å². The highest BCUT2D eigenvalue weighted by atomic mass is 127. The van der Waals surface area contributed by atoms with Crippen molar-refractivity contribution in [2.24, 2.45) is 11.8 Å². The monoisotopic (exact) mass is 617 g/mol. The normalized spacial score (nSPS) is 23.8. The van der Waals surface area contributed by atoms with E-state index in [4.69, 9.17) is 10.6 Å². The van der Waals surface area contributed by atoms with Crippen LogP contribution in [0.4, 0.5) is 0 Å². The van der Waals surface area contributed by atoms with Gasteiger partial charge in [0.1, 0.15) is 3.92 Å². The lowest BCUT2D eigenvalue weighted by Gasteiger charge is -2.41. The second-order valence-electron chi connectivity index (χ2n) is 9.98. The van der Waals surface area contributed by atoms with Gasteiger partial charge in [0.15, 0.2) is 14.9 Å². The molecular weight excluding hydrogens is 581 g/mol. The summed E-state index contributed by atoms with van der Waals surface area (Å²) in [7, 11) is -3.69. The summed E-state index contributed by atoms with van der Waals surface area (Å²) in [5, 5.41) is 1.79. The number of amides is 1. The number of halogens is 1. The first-order valence-corrected chi connectivity index (χ1v) is 15.3. The Bertz CT molecular complexity index is 1060. The largest absolute Gasteiger partial charge is 0.378 e. The number of hydrogen-bond donors (Lipinski definition) is 1. The van der Waals surface area contributed by atoms with Crippen LogP contribution in [-0.4, -0.2) is 95.8 Å². The van der Waals surface area contributed by atoms with E-state index in [0.717, 1.165) is 38.9 Å². The average molecular weight is 618 g/mol. The number of carbonyl (C=O) groups is 1. The van der Waals surface area contributed by atoms with E-state index in [9.17, 15) is 13.2 Å². The number of hydrazine groups is 1. The lowest BCUT2D eigenvalue weighted by molar-refractivity contribution is -0.133. The summed E-state index contributed by atoms with van der Waals surface area (Å²) in [6.07, 6.45) is 4.56. The Balaban J connectivity index is 1.70. The molecule has 0 bridgehead atoms. The zero-order valence-corrected chi connectivity index (χ0v) is 23.5. The fourth-order valence-corrected chi connectivity index (χ4v) is 7.79. The second kappa shape index (κ2) is 11.4. The topological polar surface area (TPSA) is 109 Å². The van der Waals surface area contributed by atoms with Crippen LogP contribution in [0.25, 0.3) is 5.70 Å². The minimum atomic E-state index is -3.69. The lowest BCUT2D eigenvalue weighted by atomic mass is 9.99. The summed E-state index contributed by atoms with van der Waals surface area (Å²) < 4.78 is 31.2. The summed E-state index contributed by atoms with van der Waals surface area (Å²) in [6, 6.07) is 3.51. The molecule has 1 aromatic heterocycles. The van der Waals surface area contributed by atoms with Gasteiger partial charge in [0.05, 0.1) is 30.7 Å². The highest BCUT2D eigenvalue weighted by Crippen LogP contribution is 2.38. The molecule has 4 heterocycles. The molecule has 2 atom stereocenters. The number of aromatic nitrogens is 1. The number of nitrogens with two attached hydrogens (primary N) is 1. The number of sulfone groups is 1. The third kappa shape index (κ3) is 6.00. The van der Waals surface area contributed by atoms with Crippen molar-refractivity contribution < 1.29 is 17.9 Å². The van der Waals surface area contributed by atoms with Crippen molar-refractivity contribution in [3.8, 4) is 0 Å². The molecule has 0 aromatic carbocycles. The zero-order valence-electron chi connectivity index (χ0n) is 20.5. The molecule has 1 unspecified atom stereocenters. The Morgan fingerprint density at radius 1 is 1.31 bits per heavy atom. The van der Waals surface area contributed by atoms with Crippen LogP contribution in [0.15, 0.2) is 28.9 Å². The Labute approximate surface area is 222 Å². The molecule has 4 rings (SSSR count). The molecule has 11 heteroatoms. The van der Waals surface area contributed by atoms with Crippen molar-refractivity contribution in [2.75, 3.05) is 51.7 Å². The van der Waals surface area contributed by atoms with Crippen molar-refractivity contribution in [3.05, 3.63) is 29.5 Å². The lowest BCUT2D eigenvalue weighted by Crippen LogP contribution is -2.52. The van der Waals surface area contributed by atoms with E-state index in [0.29, 0.717) is 49.1 Å². The van der Waals surface area contributed by atoms with E-state index in [1.165, 1.54) is 6.20 Å². The van der Waals surface area contributed by atoms with Crippen molar-refractivity contribution in [1.29, 1.82) is 0 Å². The average Bonchev–Trinajstić information content (AvgIpc) is 2.86. The highest BCUT2D eigenvalue weighted by Gasteiger charge is 2.40. The van der Waals surface area contributed by atoms with Gasteiger partial charge in [-0.1, -0.05) is 36.4 Å². The Morgan fingerprint density at radius 3 is 2.77 bits per heavy atom. The summed E-state index contributed by atoms with van der Waals surface area (Å²) >= 11 is 2.08. The molecule has 0 radical (unpaired) electrons. The molecule has 1 aromatic rings. The van der Waals surface area contributed by atoms with Crippen molar-refractivity contribution in [1.82, 2.24) is 19.8 Å². The summed E-state index contributed by atoms with van der Waals surface area (Å²) in [6.45, 7) is 9.32. The molecule has 0 spiro atoms. The smallest absolute Gasteiger partial charge is 0.239 e. The summed E-state index contributed by atoms with van der Waals surface area (Å²) in [5.74, 6) is 7.11. The van der Waals surface area contributed by atoms with Crippen LogP contribution in [0.3, 0.4) is 0 Å². The maximum atomic E-state index is 13.4. The molecule has 2 saturated heterocycles. The van der Waals surface area contributed by atoms with E-state index in [1.807, 2.05) is 0 Å². The molecule has 1 amide bonds. The standard InChI is InChI=1S/C24H36IN5O4S/c1-17(2)7-10-28-9-4-5-18(15-28)30(26)22-19-6-3-8-27-23(19)35(32,33)16-20(22)21(25)24(31)29-11-13-34-14-12-29/h3,6,8,17-18,21H,4-5,7,9-16,26H2,1-2H3/t18-,21?/m0/s1. The zero-order chi connectivity index (χ0) is 25.2. The van der Waals surface area contributed by atoms with E-state index in [1.54, 1.807) is 22.0 Å². The summed E-state index contributed by atoms with van der Waals surface area (Å²) in [4.78, 5) is 21.8. The van der Waals surface area contributed by atoms with Crippen LogP contribution in [0.2, 0.25) is 0 Å². The fourth-order valence-electron chi connectivity index (χ4n) is 5.01. The van der Waals surface area contributed by atoms with E-state index in [2.05, 4.69) is 46.3 Å². The number of nitrogens with zero attached hydrogens (tertiary/aromatic N) is 4. The molecular formula is C24H36IN5O4S. The molecule has 3 aliphatic heterocycles. The highest BCUT2D eigenvalue weighted by molar-refractivity contribution is 14.1. The molecule has 194 valence electrons. The van der Waals surface area contributed by atoms with E-state index < -0.39 is 13.8 Å². The number of pyridine rings is 1. The molecule has 35 heavy (non-hydrogen) atoms. The number of carbonyl (C=O) groups excluding carboxylic acids is 1. The van der Waals surface area contributed by atoms with Gasteiger partial charge < -0.3 is 19.5 Å². The Morgan fingerprint density at radius 2 is 2.06 bits per heavy atom. The van der Waals surface area contributed by atoms with Gasteiger partial charge in [0.2, 0.25) is 5.91 Å². The number of likely N-dealkylation sites (tertiary alicyclic amines) is 1. The Kier molecular flexibility index (Phi) is 8.73. The first-order valence-electron chi connectivity index (χ1n) is 12.4. The molecule has 9 nitrogen and oxygen atoms in total. The number of fused-ring (bicyclic) bond motifs is 1. The number of piperidine rings is 1. The molecule has 0 aliphatic carbocycles. The number of alkyl halides is 1. The first kappa shape index (κ1) is 26.8. The van der Waals surface area contributed by atoms with Gasteiger partial charge in [-0.25, -0.2) is 19.2 Å². The predicted molar refractivity (Wildman–Crippen MR) is 143 cm³/mol. The van der Waals surface area contributed by atoms with Crippen LogP contribution in [0.1, 0.15) is 38.7 Å². The van der Waals surface area contributed by atoms with Crippen LogP contribution >= 0.6 is 22.6 Å². The minimum Gasteiger partial charge on any atom is -0.378 e. The quantitative estimate of drug-likeness (QED) is 0.214. The molecule has 2 fully saturated rings. The fraction of sp³-hybridized carbons (Fsp3) is 0.667. The number of rotatable bonds is 7. The van der Waals surface area contributed by atoms with Gasteiger partial charge in [-0.3, -0.25) is 4.79 Å². The Hall–Kier alpha value is -1.28. The number of ether oxygens (including phenoxy) is 1. The minimum absolute atomic E-state index is 0.0249. The maximum Gasteiger partial charge on any atom is 0.239 e. The predicted octanol–water partition coefficient (Wildman–Crippen LogP) is 1.93. The second-order valence-corrected chi connectivity index (χ2v) is 13.1. The molecule has 0 saturated carbocycles. The van der Waals surface area contributed by atoms with Gasteiger partial charge in [-0.15, -0.1) is 0 Å². The molecule has 3 aliphatic rings. The van der Waals surface area contributed by atoms with Gasteiger partial charge in [0, 0.05) is 31.4 Å². The van der Waals surface area contributed by atoms with E-state index >= 15 is 0 Å². The van der Waals surface area contributed by atoms with Crippen molar-refractivity contribution in [2.45, 2.75) is 48.1 Å². The maximum absolute atomic E-state index is 13.4. The van der Waals surface area contributed by atoms with Crippen LogP contribution in [-0.2, 0) is 19.4 Å². The van der Waals surface area contributed by atoms with Crippen molar-refractivity contribution in [3.63, 3.8) is 0 Å². The third-order valence-electron chi connectivity index (χ3n) is 6.97. The van der Waals surface area contributed by atoms with Crippen LogP contribution in [0.5, 0.6) is 0 Å². The molecule has 2 N–H and O–H groups in total. The van der Waals surface area contributed by atoms with Crippen LogP contribution in [0, 0.1) is 5.92 Å². The van der Waals surface area contributed by atoms with Crippen LogP contribution < -0.4 is 5.84 Å². The first-order chi connectivity index (χ1) is 16.7. The third-order valence-corrected chi connectivity index (χ3v) is 9.86. The SMILES string of the molecule is CC(C)CCN1CCC[C@H](N(N)C2=C(C(I)C(=O)N3CCOCC3)CS(=O)(=O)c3ncccc32)C1. The van der Waals surface area contributed by atoms with Gasteiger partial charge in [0.25, 0.3) is 0 Å². The van der Waals surface area contributed by atoms with Crippen molar-refractivity contribution >= 4 is 44.0 Å². The number of hydrogen-bond acceptors (Lipinski definition) is 8. The van der Waals surface area contributed by atoms with E-state index in [-0.39, 0.29) is 22.7 Å². The van der Waals surface area contributed by atoms with Gasteiger partial charge in [-0.05, 0) is 56.0 Å².